The van der Waals surface area contributed by atoms with Gasteiger partial charge >= 0.3 is 0 Å². The summed E-state index contributed by atoms with van der Waals surface area (Å²) in [6, 6.07) is 4.88. The van der Waals surface area contributed by atoms with Crippen LogP contribution in [0.3, 0.4) is 0 Å². The lowest BCUT2D eigenvalue weighted by molar-refractivity contribution is -0.384. The number of hydrogen-bond donors (Lipinski definition) is 2. The lowest BCUT2D eigenvalue weighted by atomic mass is 10.1. The summed E-state index contributed by atoms with van der Waals surface area (Å²) in [5.74, 6) is 0.385. The minimum atomic E-state index is -0.719. The first-order chi connectivity index (χ1) is 9.52. The zero-order valence-electron chi connectivity index (χ0n) is 11.5. The summed E-state index contributed by atoms with van der Waals surface area (Å²) < 4.78 is 0. The molecule has 1 aliphatic rings. The standard InChI is InChI=1S/C14H20N2O4/c1-10(18)12-2-3-13(14(8-12)16(19)20)15-6-4-11(9-15)5-7-17/h2-3,8,10-11,17-18H,4-7,9H2,1H3/t10-,11?/m1/s1. The van der Waals surface area contributed by atoms with Crippen molar-refractivity contribution in [2.75, 3.05) is 24.6 Å². The molecule has 1 aromatic carbocycles. The highest BCUT2D eigenvalue weighted by molar-refractivity contribution is 5.65. The van der Waals surface area contributed by atoms with Crippen LogP contribution < -0.4 is 4.90 Å². The molecule has 2 atom stereocenters. The molecule has 0 aliphatic carbocycles. The fourth-order valence-corrected chi connectivity index (χ4v) is 2.68. The lowest BCUT2D eigenvalue weighted by Gasteiger charge is -2.19. The van der Waals surface area contributed by atoms with E-state index in [2.05, 4.69) is 0 Å². The molecule has 0 saturated carbocycles. The summed E-state index contributed by atoms with van der Waals surface area (Å²) in [5, 5.41) is 29.7. The molecular formula is C14H20N2O4. The molecule has 0 spiro atoms. The first kappa shape index (κ1) is 14.7. The third kappa shape index (κ3) is 3.08. The average Bonchev–Trinajstić information content (AvgIpc) is 2.86. The smallest absolute Gasteiger partial charge is 0.292 e. The van der Waals surface area contributed by atoms with Crippen molar-refractivity contribution in [3.63, 3.8) is 0 Å². The summed E-state index contributed by atoms with van der Waals surface area (Å²) in [7, 11) is 0. The van der Waals surface area contributed by atoms with Crippen LogP contribution in [0.25, 0.3) is 0 Å². The van der Waals surface area contributed by atoms with E-state index in [-0.39, 0.29) is 12.3 Å². The number of nitrogens with zero attached hydrogens (tertiary/aromatic N) is 2. The average molecular weight is 280 g/mol. The Balaban J connectivity index is 2.25. The Hall–Kier alpha value is -1.66. The molecule has 0 bridgehead atoms. The number of hydrogen-bond acceptors (Lipinski definition) is 5. The molecule has 6 nitrogen and oxygen atoms in total. The molecule has 2 rings (SSSR count). The first-order valence-corrected chi connectivity index (χ1v) is 6.85. The van der Waals surface area contributed by atoms with Crippen LogP contribution in [0.4, 0.5) is 11.4 Å². The van der Waals surface area contributed by atoms with Crippen LogP contribution in [0.5, 0.6) is 0 Å². The van der Waals surface area contributed by atoms with Crippen molar-refractivity contribution in [2.24, 2.45) is 5.92 Å². The van der Waals surface area contributed by atoms with Crippen molar-refractivity contribution in [1.82, 2.24) is 0 Å². The van der Waals surface area contributed by atoms with E-state index in [0.717, 1.165) is 25.9 Å². The number of benzene rings is 1. The molecule has 2 N–H and O–H groups in total. The Bertz CT molecular complexity index is 490. The van der Waals surface area contributed by atoms with Crippen LogP contribution in [-0.2, 0) is 0 Å². The quantitative estimate of drug-likeness (QED) is 0.635. The van der Waals surface area contributed by atoms with Crippen LogP contribution in [-0.4, -0.2) is 34.8 Å². The van der Waals surface area contributed by atoms with Crippen LogP contribution >= 0.6 is 0 Å². The zero-order valence-corrected chi connectivity index (χ0v) is 11.5. The van der Waals surface area contributed by atoms with Gasteiger partial charge in [0.15, 0.2) is 0 Å². The van der Waals surface area contributed by atoms with Crippen molar-refractivity contribution < 1.29 is 15.1 Å². The maximum absolute atomic E-state index is 11.2. The van der Waals surface area contributed by atoms with Crippen molar-refractivity contribution in [3.8, 4) is 0 Å². The number of anilines is 1. The van der Waals surface area contributed by atoms with Gasteiger partial charge < -0.3 is 15.1 Å². The predicted molar refractivity (Wildman–Crippen MR) is 75.8 cm³/mol. The van der Waals surface area contributed by atoms with Gasteiger partial charge in [-0.2, -0.15) is 0 Å². The molecule has 0 amide bonds. The molecule has 1 saturated heterocycles. The third-order valence-electron chi connectivity index (χ3n) is 3.84. The fraction of sp³-hybridized carbons (Fsp3) is 0.571. The zero-order chi connectivity index (χ0) is 14.7. The Kier molecular flexibility index (Phi) is 4.57. The van der Waals surface area contributed by atoms with Crippen LogP contribution in [0.15, 0.2) is 18.2 Å². The molecule has 6 heteroatoms. The minimum absolute atomic E-state index is 0.0352. The van der Waals surface area contributed by atoms with Crippen molar-refractivity contribution in [3.05, 3.63) is 33.9 Å². The molecule has 110 valence electrons. The molecule has 0 aromatic heterocycles. The largest absolute Gasteiger partial charge is 0.396 e. The summed E-state index contributed by atoms with van der Waals surface area (Å²) >= 11 is 0. The molecule has 20 heavy (non-hydrogen) atoms. The van der Waals surface area contributed by atoms with Crippen molar-refractivity contribution in [2.45, 2.75) is 25.9 Å². The van der Waals surface area contributed by atoms with Gasteiger partial charge in [0.25, 0.3) is 5.69 Å². The molecule has 1 aliphatic heterocycles. The normalized spacial score (nSPS) is 20.1. The lowest BCUT2D eigenvalue weighted by Crippen LogP contribution is -2.21. The van der Waals surface area contributed by atoms with Gasteiger partial charge in [0.05, 0.1) is 11.0 Å². The van der Waals surface area contributed by atoms with E-state index in [1.54, 1.807) is 19.1 Å². The third-order valence-corrected chi connectivity index (χ3v) is 3.84. The highest BCUT2D eigenvalue weighted by Gasteiger charge is 2.27. The number of aliphatic hydroxyl groups is 2. The highest BCUT2D eigenvalue weighted by atomic mass is 16.6. The number of nitro benzene ring substituents is 1. The Morgan fingerprint density at radius 3 is 2.90 bits per heavy atom. The maximum Gasteiger partial charge on any atom is 0.292 e. The second-order valence-electron chi connectivity index (χ2n) is 5.29. The second kappa shape index (κ2) is 6.19. The van der Waals surface area contributed by atoms with E-state index in [1.807, 2.05) is 4.90 Å². The van der Waals surface area contributed by atoms with E-state index >= 15 is 0 Å². The topological polar surface area (TPSA) is 86.8 Å². The van der Waals surface area contributed by atoms with Gasteiger partial charge in [0.2, 0.25) is 0 Å². The van der Waals surface area contributed by atoms with Gasteiger partial charge in [-0.25, -0.2) is 0 Å². The van der Waals surface area contributed by atoms with Crippen LogP contribution in [0, 0.1) is 16.0 Å². The maximum atomic E-state index is 11.2. The summed E-state index contributed by atoms with van der Waals surface area (Å²) in [6.45, 7) is 3.24. The Morgan fingerprint density at radius 1 is 1.55 bits per heavy atom. The van der Waals surface area contributed by atoms with E-state index in [4.69, 9.17) is 5.11 Å². The van der Waals surface area contributed by atoms with Gasteiger partial charge in [-0.3, -0.25) is 10.1 Å². The highest BCUT2D eigenvalue weighted by Crippen LogP contribution is 2.34. The second-order valence-corrected chi connectivity index (χ2v) is 5.29. The van der Waals surface area contributed by atoms with E-state index in [0.29, 0.717) is 17.2 Å². The summed E-state index contributed by atoms with van der Waals surface area (Å²) in [6.07, 6.45) is 0.954. The number of rotatable bonds is 5. The van der Waals surface area contributed by atoms with Gasteiger partial charge in [-0.05, 0) is 37.3 Å². The van der Waals surface area contributed by atoms with Crippen molar-refractivity contribution in [1.29, 1.82) is 0 Å². The van der Waals surface area contributed by atoms with Crippen molar-refractivity contribution >= 4 is 11.4 Å². The van der Waals surface area contributed by atoms with Gasteiger partial charge in [-0.15, -0.1) is 0 Å². The van der Waals surface area contributed by atoms with E-state index in [1.165, 1.54) is 6.07 Å². The molecule has 1 heterocycles. The van der Waals surface area contributed by atoms with E-state index < -0.39 is 11.0 Å². The molecule has 1 fully saturated rings. The molecular weight excluding hydrogens is 260 g/mol. The van der Waals surface area contributed by atoms with E-state index in [9.17, 15) is 15.2 Å². The van der Waals surface area contributed by atoms with Crippen LogP contribution in [0.1, 0.15) is 31.4 Å². The number of nitro groups is 1. The minimum Gasteiger partial charge on any atom is -0.396 e. The summed E-state index contributed by atoms with van der Waals surface area (Å²) in [4.78, 5) is 12.8. The monoisotopic (exact) mass is 280 g/mol. The summed E-state index contributed by atoms with van der Waals surface area (Å²) in [5.41, 5.74) is 1.18. The molecule has 1 unspecified atom stereocenters. The first-order valence-electron chi connectivity index (χ1n) is 6.85. The molecule has 1 aromatic rings. The Labute approximate surface area is 117 Å². The van der Waals surface area contributed by atoms with Crippen LogP contribution in [0.2, 0.25) is 0 Å². The fourth-order valence-electron chi connectivity index (χ4n) is 2.68. The molecule has 0 radical (unpaired) electrons. The number of aliphatic hydroxyl groups excluding tert-OH is 2. The van der Waals surface area contributed by atoms with Gasteiger partial charge in [0.1, 0.15) is 5.69 Å². The van der Waals surface area contributed by atoms with Gasteiger partial charge in [-0.1, -0.05) is 6.07 Å². The predicted octanol–water partition coefficient (Wildman–Crippen LogP) is 1.86. The SMILES string of the molecule is C[C@@H](O)c1ccc(N2CCC(CCO)C2)c([N+](=O)[O-])c1. The van der Waals surface area contributed by atoms with Gasteiger partial charge in [0, 0.05) is 25.8 Å². The Morgan fingerprint density at radius 2 is 2.30 bits per heavy atom.